The van der Waals surface area contributed by atoms with Crippen molar-refractivity contribution in [1.29, 1.82) is 0 Å². The number of hydrogen-bond acceptors (Lipinski definition) is 3. The fraction of sp³-hybridized carbons (Fsp3) is 0.700. The normalized spacial score (nSPS) is 18.6. The number of nitrogens with zero attached hydrogens (tertiary/aromatic N) is 2. The van der Waals surface area contributed by atoms with E-state index in [-0.39, 0.29) is 0 Å². The van der Waals surface area contributed by atoms with Crippen LogP contribution < -0.4 is 0 Å². The summed E-state index contributed by atoms with van der Waals surface area (Å²) >= 11 is 0. The molecular weight excluding hydrogens is 178 g/mol. The highest BCUT2D eigenvalue weighted by molar-refractivity contribution is 5.00. The summed E-state index contributed by atoms with van der Waals surface area (Å²) in [6.45, 7) is 5.09. The van der Waals surface area contributed by atoms with Crippen LogP contribution in [0.15, 0.2) is 6.20 Å². The van der Waals surface area contributed by atoms with Crippen LogP contribution in [-0.2, 0) is 11.2 Å². The highest BCUT2D eigenvalue weighted by Gasteiger charge is 2.09. The molecule has 0 aromatic carbocycles. The van der Waals surface area contributed by atoms with Crippen LogP contribution in [0, 0.1) is 6.20 Å². The van der Waals surface area contributed by atoms with Gasteiger partial charge in [-0.3, -0.25) is 10.00 Å². The SMILES string of the molecule is [c]1n[nH]cc1CCCN1CCOCC1. The molecule has 1 aromatic rings. The number of H-pyrrole nitrogens is 1. The maximum atomic E-state index is 5.29. The van der Waals surface area contributed by atoms with Gasteiger partial charge in [-0.15, -0.1) is 0 Å². The van der Waals surface area contributed by atoms with Crippen LogP contribution >= 0.6 is 0 Å². The lowest BCUT2D eigenvalue weighted by Crippen LogP contribution is -2.36. The van der Waals surface area contributed by atoms with Gasteiger partial charge >= 0.3 is 0 Å². The Morgan fingerprint density at radius 3 is 3.07 bits per heavy atom. The van der Waals surface area contributed by atoms with Crippen molar-refractivity contribution in [2.45, 2.75) is 12.8 Å². The highest BCUT2D eigenvalue weighted by atomic mass is 16.5. The van der Waals surface area contributed by atoms with Gasteiger partial charge in [0.05, 0.1) is 13.2 Å². The fourth-order valence-corrected chi connectivity index (χ4v) is 1.69. The number of aryl methyl sites for hydroxylation is 1. The number of hydrogen-bond donors (Lipinski definition) is 1. The molecule has 1 aliphatic rings. The van der Waals surface area contributed by atoms with Gasteiger partial charge in [0.2, 0.25) is 0 Å². The second-order valence-corrected chi connectivity index (χ2v) is 3.58. The fourth-order valence-electron chi connectivity index (χ4n) is 1.69. The molecule has 1 radical (unpaired) electrons. The predicted molar refractivity (Wildman–Crippen MR) is 53.0 cm³/mol. The van der Waals surface area contributed by atoms with Crippen LogP contribution in [0.25, 0.3) is 0 Å². The Morgan fingerprint density at radius 2 is 2.36 bits per heavy atom. The molecule has 0 unspecified atom stereocenters. The molecule has 0 spiro atoms. The molecule has 1 saturated heterocycles. The molecule has 14 heavy (non-hydrogen) atoms. The van der Waals surface area contributed by atoms with E-state index in [1.54, 1.807) is 0 Å². The van der Waals surface area contributed by atoms with E-state index in [0.717, 1.165) is 39.3 Å². The average molecular weight is 194 g/mol. The standard InChI is InChI=1S/C10H16N3O/c1(2-10-8-11-12-9-10)3-13-4-6-14-7-5-13/h8H,1-7H2,(H,11,12). The lowest BCUT2D eigenvalue weighted by molar-refractivity contribution is 0.0374. The van der Waals surface area contributed by atoms with Crippen molar-refractivity contribution in [2.24, 2.45) is 0 Å². The number of nitrogens with one attached hydrogen (secondary N) is 1. The second kappa shape index (κ2) is 5.12. The van der Waals surface area contributed by atoms with E-state index in [0.29, 0.717) is 0 Å². The second-order valence-electron chi connectivity index (χ2n) is 3.58. The molecule has 4 heteroatoms. The molecule has 0 amide bonds. The molecule has 0 bridgehead atoms. The van der Waals surface area contributed by atoms with E-state index in [9.17, 15) is 0 Å². The van der Waals surface area contributed by atoms with E-state index < -0.39 is 0 Å². The molecule has 0 atom stereocenters. The summed E-state index contributed by atoms with van der Waals surface area (Å²) in [5.41, 5.74) is 1.18. The summed E-state index contributed by atoms with van der Waals surface area (Å²) < 4.78 is 5.29. The summed E-state index contributed by atoms with van der Waals surface area (Å²) in [6, 6.07) is 0. The third kappa shape index (κ3) is 2.82. The van der Waals surface area contributed by atoms with Crippen LogP contribution in [0.3, 0.4) is 0 Å². The number of ether oxygens (including phenoxy) is 1. The number of morpholine rings is 1. The van der Waals surface area contributed by atoms with Crippen molar-refractivity contribution >= 4 is 0 Å². The van der Waals surface area contributed by atoms with Crippen molar-refractivity contribution in [3.63, 3.8) is 0 Å². The molecule has 2 rings (SSSR count). The zero-order valence-corrected chi connectivity index (χ0v) is 8.33. The summed E-state index contributed by atoms with van der Waals surface area (Å²) in [7, 11) is 0. The Morgan fingerprint density at radius 1 is 1.50 bits per heavy atom. The zero-order valence-electron chi connectivity index (χ0n) is 8.33. The monoisotopic (exact) mass is 194 g/mol. The van der Waals surface area contributed by atoms with Gasteiger partial charge in [-0.05, 0) is 24.9 Å². The van der Waals surface area contributed by atoms with Crippen molar-refractivity contribution < 1.29 is 4.74 Å². The van der Waals surface area contributed by atoms with Gasteiger partial charge in [0.1, 0.15) is 6.20 Å². The molecule has 1 aromatic heterocycles. The Bertz CT molecular complexity index is 242. The van der Waals surface area contributed by atoms with Crippen molar-refractivity contribution in [3.8, 4) is 0 Å². The van der Waals surface area contributed by atoms with Crippen molar-refractivity contribution in [2.75, 3.05) is 32.8 Å². The van der Waals surface area contributed by atoms with E-state index in [1.807, 2.05) is 6.20 Å². The minimum atomic E-state index is 0.887. The van der Waals surface area contributed by atoms with Gasteiger partial charge in [-0.25, -0.2) is 0 Å². The summed E-state index contributed by atoms with van der Waals surface area (Å²) in [6.07, 6.45) is 7.08. The van der Waals surface area contributed by atoms with Crippen LogP contribution in [0.1, 0.15) is 12.0 Å². The molecule has 1 N–H and O–H groups in total. The number of rotatable bonds is 4. The molecule has 77 valence electrons. The van der Waals surface area contributed by atoms with Gasteiger partial charge in [0.15, 0.2) is 0 Å². The van der Waals surface area contributed by atoms with Crippen molar-refractivity contribution in [1.82, 2.24) is 15.1 Å². The Labute approximate surface area is 84.3 Å². The van der Waals surface area contributed by atoms with E-state index in [1.165, 1.54) is 12.0 Å². The molecule has 1 fully saturated rings. The number of aromatic amines is 1. The molecule has 0 saturated carbocycles. The zero-order chi connectivity index (χ0) is 9.64. The number of aromatic nitrogens is 2. The first-order chi connectivity index (χ1) is 6.95. The summed E-state index contributed by atoms with van der Waals surface area (Å²) in [4.78, 5) is 2.45. The molecular formula is C10H16N3O. The minimum absolute atomic E-state index is 0.887. The van der Waals surface area contributed by atoms with Gasteiger partial charge in [-0.1, -0.05) is 0 Å². The van der Waals surface area contributed by atoms with Crippen LogP contribution in [0.4, 0.5) is 0 Å². The lowest BCUT2D eigenvalue weighted by atomic mass is 10.2. The predicted octanol–water partition coefficient (Wildman–Crippen LogP) is 0.475. The summed E-state index contributed by atoms with van der Waals surface area (Å²) in [5, 5.41) is 6.58. The minimum Gasteiger partial charge on any atom is -0.379 e. The molecule has 2 heterocycles. The third-order valence-corrected chi connectivity index (χ3v) is 2.53. The first kappa shape index (κ1) is 9.68. The average Bonchev–Trinajstić information content (AvgIpc) is 2.72. The van der Waals surface area contributed by atoms with E-state index in [2.05, 4.69) is 21.3 Å². The van der Waals surface area contributed by atoms with E-state index in [4.69, 9.17) is 4.74 Å². The Balaban J connectivity index is 1.62. The van der Waals surface area contributed by atoms with Gasteiger partial charge in [0, 0.05) is 19.3 Å². The Hall–Kier alpha value is -0.870. The molecule has 4 nitrogen and oxygen atoms in total. The third-order valence-electron chi connectivity index (χ3n) is 2.53. The topological polar surface area (TPSA) is 41.2 Å². The highest BCUT2D eigenvalue weighted by Crippen LogP contribution is 2.02. The largest absolute Gasteiger partial charge is 0.379 e. The first-order valence-corrected chi connectivity index (χ1v) is 5.15. The van der Waals surface area contributed by atoms with Crippen LogP contribution in [0.2, 0.25) is 0 Å². The smallest absolute Gasteiger partial charge is 0.116 e. The maximum Gasteiger partial charge on any atom is 0.116 e. The summed E-state index contributed by atoms with van der Waals surface area (Å²) in [5.74, 6) is 0. The van der Waals surface area contributed by atoms with Gasteiger partial charge < -0.3 is 4.74 Å². The Kier molecular flexibility index (Phi) is 3.54. The van der Waals surface area contributed by atoms with Crippen LogP contribution in [-0.4, -0.2) is 47.9 Å². The molecule has 0 aliphatic carbocycles. The molecule has 1 aliphatic heterocycles. The quantitative estimate of drug-likeness (QED) is 0.757. The van der Waals surface area contributed by atoms with E-state index >= 15 is 0 Å². The lowest BCUT2D eigenvalue weighted by Gasteiger charge is -2.26. The van der Waals surface area contributed by atoms with Crippen LogP contribution in [0.5, 0.6) is 0 Å². The van der Waals surface area contributed by atoms with Crippen molar-refractivity contribution in [3.05, 3.63) is 18.0 Å². The van der Waals surface area contributed by atoms with Gasteiger partial charge in [-0.2, -0.15) is 5.10 Å². The first-order valence-electron chi connectivity index (χ1n) is 5.15. The maximum absolute atomic E-state index is 5.29. The van der Waals surface area contributed by atoms with Gasteiger partial charge in [0.25, 0.3) is 0 Å².